The Balaban J connectivity index is 1.56. The topological polar surface area (TPSA) is 52.8 Å². The van der Waals surface area contributed by atoms with Crippen LogP contribution >= 0.6 is 0 Å². The van der Waals surface area contributed by atoms with Crippen molar-refractivity contribution in [3.05, 3.63) is 0 Å². The molecule has 4 rings (SSSR count). The van der Waals surface area contributed by atoms with Crippen LogP contribution < -0.4 is 0 Å². The molecule has 0 spiro atoms. The number of hydrogen-bond acceptors (Lipinski definition) is 5. The van der Waals surface area contributed by atoms with Gasteiger partial charge < -0.3 is 21.8 Å². The van der Waals surface area contributed by atoms with Crippen molar-refractivity contribution in [1.29, 1.82) is 0 Å². The summed E-state index contributed by atoms with van der Waals surface area (Å²) in [6.45, 7) is 13.7. The lowest BCUT2D eigenvalue weighted by molar-refractivity contribution is 0.265. The fraction of sp³-hybridized carbons (Fsp3) is 1.00. The smallest absolute Gasteiger partial charge is 0.324 e. The van der Waals surface area contributed by atoms with E-state index < -0.39 is 33.8 Å². The maximum Gasteiger partial charge on any atom is 0.324 e. The predicted octanol–water partition coefficient (Wildman–Crippen LogP) is 3.15. The number of rotatable bonds is 6. The molecule has 0 aliphatic carbocycles. The highest BCUT2D eigenvalue weighted by molar-refractivity contribution is 6.91. The van der Waals surface area contributed by atoms with E-state index in [0.29, 0.717) is 24.4 Å². The molecule has 0 radical (unpaired) electrons. The molecule has 132 valence electrons. The van der Waals surface area contributed by atoms with Gasteiger partial charge in [-0.15, -0.1) is 0 Å². The van der Waals surface area contributed by atoms with Crippen molar-refractivity contribution in [2.24, 2.45) is 0 Å². The van der Waals surface area contributed by atoms with E-state index in [1.807, 2.05) is 0 Å². The molecule has 5 nitrogen and oxygen atoms in total. The van der Waals surface area contributed by atoms with Crippen molar-refractivity contribution in [3.63, 3.8) is 0 Å². The molecule has 0 bridgehead atoms. The van der Waals surface area contributed by atoms with Gasteiger partial charge in [-0.2, -0.15) is 0 Å². The lowest BCUT2D eigenvalue weighted by Crippen LogP contribution is -2.60. The second kappa shape index (κ2) is 5.10. The predicted molar refractivity (Wildman–Crippen MR) is 98.0 cm³/mol. The molecule has 9 heteroatoms. The van der Waals surface area contributed by atoms with Gasteiger partial charge in [-0.25, -0.2) is 0 Å². The zero-order chi connectivity index (χ0) is 16.7. The molecule has 0 saturated carbocycles. The van der Waals surface area contributed by atoms with Gasteiger partial charge in [0.2, 0.25) is 0 Å². The van der Waals surface area contributed by atoms with Gasteiger partial charge in [0.15, 0.2) is 16.6 Å². The molecule has 0 aromatic carbocycles. The fourth-order valence-electron chi connectivity index (χ4n) is 4.30. The van der Waals surface area contributed by atoms with Gasteiger partial charge in [0.1, 0.15) is 0 Å². The maximum absolute atomic E-state index is 7.04. The third-order valence-corrected chi connectivity index (χ3v) is 19.7. The summed E-state index contributed by atoms with van der Waals surface area (Å²) in [7, 11) is -7.66. The monoisotopic (exact) mass is 390 g/mol. The summed E-state index contributed by atoms with van der Waals surface area (Å²) in [6, 6.07) is 4.06. The first-order valence-electron chi connectivity index (χ1n) is 8.88. The van der Waals surface area contributed by atoms with E-state index >= 15 is 0 Å². The quantitative estimate of drug-likeness (QED) is 0.515. The summed E-state index contributed by atoms with van der Waals surface area (Å²) in [4.78, 5) is 0. The van der Waals surface area contributed by atoms with Crippen molar-refractivity contribution < 1.29 is 21.8 Å². The van der Waals surface area contributed by atoms with Gasteiger partial charge in [0, 0.05) is 24.2 Å². The van der Waals surface area contributed by atoms with E-state index in [1.54, 1.807) is 0 Å². The Morgan fingerprint density at radius 2 is 0.957 bits per heavy atom. The maximum atomic E-state index is 7.04. The van der Waals surface area contributed by atoms with Crippen LogP contribution in [-0.4, -0.2) is 58.2 Å². The average molecular weight is 391 g/mol. The van der Waals surface area contributed by atoms with Crippen molar-refractivity contribution in [1.82, 2.24) is 0 Å². The van der Waals surface area contributed by atoms with Crippen LogP contribution in [0, 0.1) is 0 Å². The number of hydrogen-bond donors (Lipinski definition) is 0. The molecule has 0 N–H and O–H groups in total. The van der Waals surface area contributed by atoms with Gasteiger partial charge in [-0.3, -0.25) is 0 Å². The van der Waals surface area contributed by atoms with E-state index in [4.69, 9.17) is 21.8 Å². The molecule has 4 unspecified atom stereocenters. The van der Waals surface area contributed by atoms with Gasteiger partial charge >= 0.3 is 17.1 Å². The Morgan fingerprint density at radius 1 is 0.652 bits per heavy atom. The third-order valence-electron chi connectivity index (χ3n) is 4.78. The van der Waals surface area contributed by atoms with Crippen molar-refractivity contribution >= 4 is 33.8 Å². The zero-order valence-electron chi connectivity index (χ0n) is 15.2. The molecule has 0 amide bonds. The SMILES string of the molecule is C[Si](C)(C)O[Si]1(O[Si]2(O[Si](C)(C)C)CC3OC3C2)CC2OC2C1. The average Bonchev–Trinajstić information content (AvgIpc) is 3.11. The number of ether oxygens (including phenoxy) is 2. The Kier molecular flexibility index (Phi) is 3.79. The molecule has 0 aromatic heterocycles. The lowest BCUT2D eigenvalue weighted by atomic mass is 10.4. The van der Waals surface area contributed by atoms with Crippen LogP contribution in [0.5, 0.6) is 0 Å². The second-order valence-corrected chi connectivity index (χ2v) is 25.8. The zero-order valence-corrected chi connectivity index (χ0v) is 19.2. The highest BCUT2D eigenvalue weighted by atomic mass is 28.5. The molecular formula is C14H30O5Si4. The van der Waals surface area contributed by atoms with Crippen LogP contribution in [0.4, 0.5) is 0 Å². The molecule has 4 heterocycles. The molecule has 4 aliphatic heterocycles. The molecule has 0 aromatic rings. The van der Waals surface area contributed by atoms with Gasteiger partial charge in [0.25, 0.3) is 0 Å². The number of fused-ring (bicyclic) bond motifs is 2. The summed E-state index contributed by atoms with van der Waals surface area (Å²) in [5, 5.41) is 0. The fourth-order valence-corrected chi connectivity index (χ4v) is 23.9. The molecular weight excluding hydrogens is 360 g/mol. The van der Waals surface area contributed by atoms with E-state index in [1.165, 1.54) is 0 Å². The summed E-state index contributed by atoms with van der Waals surface area (Å²) in [5.41, 5.74) is 0. The Morgan fingerprint density at radius 3 is 1.22 bits per heavy atom. The molecule has 4 saturated heterocycles. The summed E-state index contributed by atoms with van der Waals surface area (Å²) < 4.78 is 31.9. The molecule has 4 atom stereocenters. The molecule has 4 aliphatic rings. The summed E-state index contributed by atoms with van der Waals surface area (Å²) >= 11 is 0. The molecule has 4 fully saturated rings. The number of epoxide rings is 2. The van der Waals surface area contributed by atoms with E-state index in [9.17, 15) is 0 Å². The first kappa shape index (κ1) is 17.1. The summed E-state index contributed by atoms with van der Waals surface area (Å²) in [6.07, 6.45) is 1.62. The third kappa shape index (κ3) is 3.77. The van der Waals surface area contributed by atoms with Crippen LogP contribution in [0.25, 0.3) is 0 Å². The largest absolute Gasteiger partial charge is 0.436 e. The molecule has 23 heavy (non-hydrogen) atoms. The summed E-state index contributed by atoms with van der Waals surface area (Å²) in [5.74, 6) is 0. The minimum absolute atomic E-state index is 0.406. The van der Waals surface area contributed by atoms with Crippen LogP contribution in [0.1, 0.15) is 0 Å². The van der Waals surface area contributed by atoms with E-state index in [2.05, 4.69) is 39.3 Å². The first-order chi connectivity index (χ1) is 10.5. The van der Waals surface area contributed by atoms with E-state index in [-0.39, 0.29) is 0 Å². The Labute approximate surface area is 143 Å². The first-order valence-corrected chi connectivity index (χ1v) is 20.2. The van der Waals surface area contributed by atoms with Crippen LogP contribution in [0.15, 0.2) is 0 Å². The van der Waals surface area contributed by atoms with Crippen LogP contribution in [0.2, 0.25) is 63.5 Å². The van der Waals surface area contributed by atoms with Crippen LogP contribution in [0.3, 0.4) is 0 Å². The minimum atomic E-state index is -2.19. The van der Waals surface area contributed by atoms with Gasteiger partial charge in [-0.05, 0) is 39.3 Å². The normalized spacial score (nSPS) is 48.3. The minimum Gasteiger partial charge on any atom is -0.436 e. The Hall–Kier alpha value is 0.668. The second-order valence-electron chi connectivity index (χ2n) is 9.59. The highest BCUT2D eigenvalue weighted by Crippen LogP contribution is 2.53. The lowest BCUT2D eigenvalue weighted by Gasteiger charge is -2.43. The van der Waals surface area contributed by atoms with Crippen molar-refractivity contribution in [2.45, 2.75) is 87.9 Å². The van der Waals surface area contributed by atoms with Crippen molar-refractivity contribution in [2.75, 3.05) is 0 Å². The van der Waals surface area contributed by atoms with Gasteiger partial charge in [-0.1, -0.05) is 0 Å². The Bertz CT molecular complexity index is 438. The van der Waals surface area contributed by atoms with Gasteiger partial charge in [0.05, 0.1) is 24.4 Å². The van der Waals surface area contributed by atoms with Crippen molar-refractivity contribution in [3.8, 4) is 0 Å². The van der Waals surface area contributed by atoms with Crippen LogP contribution in [-0.2, 0) is 21.8 Å². The standard InChI is InChI=1S/C14H30O5Si4/c1-20(2,3)17-22(7-11-12(8-22)15-11)19-23(18-21(4,5)6)9-13-14(10-23)16-13/h11-14H,7-10H2,1-6H3. The highest BCUT2D eigenvalue weighted by Gasteiger charge is 2.68. The van der Waals surface area contributed by atoms with E-state index in [0.717, 1.165) is 24.2 Å².